The van der Waals surface area contributed by atoms with Crippen molar-refractivity contribution in [2.45, 2.75) is 53.4 Å². The Morgan fingerprint density at radius 3 is 2.93 bits per heavy atom. The van der Waals surface area contributed by atoms with Crippen molar-refractivity contribution >= 4 is 23.5 Å². The van der Waals surface area contributed by atoms with Crippen LogP contribution in [0, 0.1) is 17.3 Å². The fraction of sp³-hybridized carbons (Fsp3) is 0.500. The largest absolute Gasteiger partial charge is 0.454 e. The third-order valence-corrected chi connectivity index (χ3v) is 7.17. The van der Waals surface area contributed by atoms with Crippen LogP contribution in [0.2, 0.25) is 0 Å². The molecule has 1 N–H and O–H groups in total. The summed E-state index contributed by atoms with van der Waals surface area (Å²) in [5, 5.41) is 6.22. The van der Waals surface area contributed by atoms with Gasteiger partial charge in [-0.2, -0.15) is 5.10 Å². The lowest BCUT2D eigenvalue weighted by Gasteiger charge is -2.33. The minimum absolute atomic E-state index is 0.103. The van der Waals surface area contributed by atoms with Crippen molar-refractivity contribution in [2.24, 2.45) is 22.4 Å². The summed E-state index contributed by atoms with van der Waals surface area (Å²) < 4.78 is 10.8. The predicted molar refractivity (Wildman–Crippen MR) is 121 cm³/mol. The molecule has 30 heavy (non-hydrogen) atoms. The van der Waals surface area contributed by atoms with E-state index in [2.05, 4.69) is 38.2 Å². The first-order chi connectivity index (χ1) is 14.3. The Hall–Kier alpha value is -2.34. The van der Waals surface area contributed by atoms with Gasteiger partial charge >= 0.3 is 0 Å². The lowest BCUT2D eigenvalue weighted by atomic mass is 9.72. The molecule has 0 saturated heterocycles. The van der Waals surface area contributed by atoms with Crippen LogP contribution in [0.5, 0.6) is 11.5 Å². The molecule has 0 fully saturated rings. The van der Waals surface area contributed by atoms with E-state index in [1.807, 2.05) is 23.6 Å². The Labute approximate surface area is 182 Å². The summed E-state index contributed by atoms with van der Waals surface area (Å²) in [6.07, 6.45) is 5.82. The van der Waals surface area contributed by atoms with Crippen molar-refractivity contribution < 1.29 is 14.3 Å². The normalized spacial score (nSPS) is 19.0. The number of ether oxygens (including phenoxy) is 2. The molecule has 5 nitrogen and oxygen atoms in total. The van der Waals surface area contributed by atoms with Gasteiger partial charge in [-0.25, -0.2) is 5.43 Å². The second-order valence-corrected chi connectivity index (χ2v) is 10.4. The van der Waals surface area contributed by atoms with Crippen molar-refractivity contribution in [3.8, 4) is 11.5 Å². The highest BCUT2D eigenvalue weighted by Gasteiger charge is 2.31. The average molecular weight is 427 g/mol. The molecule has 1 aliphatic heterocycles. The fourth-order valence-electron chi connectivity index (χ4n) is 4.22. The minimum atomic E-state index is -0.103. The van der Waals surface area contributed by atoms with Gasteiger partial charge in [0.2, 0.25) is 6.79 Å². The van der Waals surface area contributed by atoms with E-state index in [4.69, 9.17) is 9.47 Å². The molecular weight excluding hydrogens is 396 g/mol. The van der Waals surface area contributed by atoms with E-state index in [0.29, 0.717) is 11.3 Å². The van der Waals surface area contributed by atoms with Crippen LogP contribution in [-0.2, 0) is 19.3 Å². The SMILES string of the molecule is CC(C=NNC(=O)c1csc2c1CCC(C(C)(C)C)C2)Cc1ccc2c(c1)OCO2. The maximum atomic E-state index is 12.7. The Balaban J connectivity index is 1.33. The molecule has 2 unspecified atom stereocenters. The lowest BCUT2D eigenvalue weighted by Crippen LogP contribution is -2.27. The molecule has 0 bridgehead atoms. The van der Waals surface area contributed by atoms with Crippen molar-refractivity contribution in [3.05, 3.63) is 45.1 Å². The summed E-state index contributed by atoms with van der Waals surface area (Å²) in [5.41, 5.74) is 6.21. The maximum absolute atomic E-state index is 12.7. The summed E-state index contributed by atoms with van der Waals surface area (Å²) in [5.74, 6) is 2.35. The van der Waals surface area contributed by atoms with E-state index in [1.54, 1.807) is 17.6 Å². The lowest BCUT2D eigenvalue weighted by molar-refractivity contribution is 0.0954. The molecule has 2 heterocycles. The molecule has 0 radical (unpaired) electrons. The number of fused-ring (bicyclic) bond motifs is 2. The first-order valence-electron chi connectivity index (χ1n) is 10.6. The summed E-state index contributed by atoms with van der Waals surface area (Å²) in [7, 11) is 0. The van der Waals surface area contributed by atoms with Crippen LogP contribution >= 0.6 is 11.3 Å². The number of amides is 1. The van der Waals surface area contributed by atoms with Gasteiger partial charge in [0.05, 0.1) is 5.56 Å². The second-order valence-electron chi connectivity index (χ2n) is 9.44. The van der Waals surface area contributed by atoms with Gasteiger partial charge in [-0.1, -0.05) is 33.8 Å². The Morgan fingerprint density at radius 2 is 2.13 bits per heavy atom. The zero-order chi connectivity index (χ0) is 21.3. The third-order valence-electron chi connectivity index (χ3n) is 6.11. The van der Waals surface area contributed by atoms with Crippen LogP contribution in [0.1, 0.15) is 60.5 Å². The molecule has 160 valence electrons. The van der Waals surface area contributed by atoms with Crippen molar-refractivity contribution in [1.82, 2.24) is 5.43 Å². The van der Waals surface area contributed by atoms with E-state index in [-0.39, 0.29) is 18.6 Å². The molecule has 4 rings (SSSR count). The fourth-order valence-corrected chi connectivity index (χ4v) is 5.38. The first-order valence-corrected chi connectivity index (χ1v) is 11.5. The van der Waals surface area contributed by atoms with Gasteiger partial charge in [0.15, 0.2) is 11.5 Å². The van der Waals surface area contributed by atoms with Crippen molar-refractivity contribution in [1.29, 1.82) is 0 Å². The highest BCUT2D eigenvalue weighted by molar-refractivity contribution is 7.10. The van der Waals surface area contributed by atoms with Gasteiger partial charge in [0, 0.05) is 16.5 Å². The van der Waals surface area contributed by atoms with Crippen LogP contribution in [0.3, 0.4) is 0 Å². The van der Waals surface area contributed by atoms with Gasteiger partial charge < -0.3 is 9.47 Å². The molecule has 2 atom stereocenters. The predicted octanol–water partition coefficient (Wildman–Crippen LogP) is 5.22. The number of hydrogen-bond acceptors (Lipinski definition) is 5. The minimum Gasteiger partial charge on any atom is -0.454 e. The molecule has 1 aromatic carbocycles. The second kappa shape index (κ2) is 8.42. The molecular formula is C24H30N2O3S. The van der Waals surface area contributed by atoms with E-state index in [1.165, 1.54) is 10.4 Å². The molecule has 2 aromatic rings. The quantitative estimate of drug-likeness (QED) is 0.527. The number of hydrogen-bond donors (Lipinski definition) is 1. The molecule has 1 amide bonds. The molecule has 2 aliphatic rings. The number of benzene rings is 1. The van der Waals surface area contributed by atoms with Gasteiger partial charge in [0.1, 0.15) is 0 Å². The zero-order valence-corrected chi connectivity index (χ0v) is 19.0. The summed E-state index contributed by atoms with van der Waals surface area (Å²) in [4.78, 5) is 14.0. The summed E-state index contributed by atoms with van der Waals surface area (Å²) in [6.45, 7) is 9.29. The van der Waals surface area contributed by atoms with Crippen LogP contribution < -0.4 is 14.9 Å². The average Bonchev–Trinajstić information content (AvgIpc) is 3.33. The third kappa shape index (κ3) is 4.53. The van der Waals surface area contributed by atoms with Crippen molar-refractivity contribution in [3.63, 3.8) is 0 Å². The molecule has 0 spiro atoms. The standard InChI is InChI=1S/C24H30N2O3S/c1-15(9-16-5-8-20-21(10-16)29-14-28-20)12-25-26-23(27)19-13-30-22-11-17(24(2,3)4)6-7-18(19)22/h5,8,10,12-13,15,17H,6-7,9,11,14H2,1-4H3,(H,26,27). The number of carbonyl (C=O) groups excluding carboxylic acids is 1. The Kier molecular flexibility index (Phi) is 5.87. The van der Waals surface area contributed by atoms with Crippen molar-refractivity contribution in [2.75, 3.05) is 6.79 Å². The van der Waals surface area contributed by atoms with Crippen LogP contribution in [0.25, 0.3) is 0 Å². The highest BCUT2D eigenvalue weighted by atomic mass is 32.1. The van der Waals surface area contributed by atoms with Gasteiger partial charge in [-0.15, -0.1) is 11.3 Å². The molecule has 1 aromatic heterocycles. The summed E-state index contributed by atoms with van der Waals surface area (Å²) >= 11 is 1.72. The number of thiophene rings is 1. The Morgan fingerprint density at radius 1 is 1.33 bits per heavy atom. The van der Waals surface area contributed by atoms with E-state index < -0.39 is 0 Å². The smallest absolute Gasteiger partial charge is 0.272 e. The van der Waals surface area contributed by atoms with Crippen LogP contribution in [0.4, 0.5) is 0 Å². The van der Waals surface area contributed by atoms with Gasteiger partial charge in [-0.05, 0) is 66.2 Å². The number of carbonyl (C=O) groups is 1. The molecule has 1 aliphatic carbocycles. The molecule has 0 saturated carbocycles. The summed E-state index contributed by atoms with van der Waals surface area (Å²) in [6, 6.07) is 5.99. The van der Waals surface area contributed by atoms with Crippen LogP contribution in [-0.4, -0.2) is 18.9 Å². The maximum Gasteiger partial charge on any atom is 0.272 e. The first kappa shape index (κ1) is 20.9. The number of nitrogens with zero attached hydrogens (tertiary/aromatic N) is 1. The molecule has 6 heteroatoms. The van der Waals surface area contributed by atoms with Gasteiger partial charge in [-0.3, -0.25) is 4.79 Å². The number of hydrazone groups is 1. The Bertz CT molecular complexity index is 958. The van der Waals surface area contributed by atoms with Crippen LogP contribution in [0.15, 0.2) is 28.7 Å². The van der Waals surface area contributed by atoms with E-state index in [0.717, 1.165) is 48.3 Å². The van der Waals surface area contributed by atoms with Gasteiger partial charge in [0.25, 0.3) is 5.91 Å². The van der Waals surface area contributed by atoms with E-state index >= 15 is 0 Å². The zero-order valence-electron chi connectivity index (χ0n) is 18.2. The monoisotopic (exact) mass is 426 g/mol. The number of rotatable bonds is 5. The topological polar surface area (TPSA) is 59.9 Å². The highest BCUT2D eigenvalue weighted by Crippen LogP contribution is 2.40. The number of nitrogens with one attached hydrogen (secondary N) is 1. The van der Waals surface area contributed by atoms with E-state index in [9.17, 15) is 4.79 Å².